The monoisotopic (exact) mass is 490 g/mol. The highest BCUT2D eigenvalue weighted by Crippen LogP contribution is 2.40. The van der Waals surface area contributed by atoms with E-state index in [1.807, 2.05) is 19.2 Å². The molecule has 3 aliphatic heterocycles. The second-order valence-electron chi connectivity index (χ2n) is 10.4. The Bertz CT molecular complexity index is 862. The average Bonchev–Trinajstić information content (AvgIpc) is 3.09. The average molecular weight is 491 g/mol. The number of hydrogen-bond donors (Lipinski definition) is 2. The second kappa shape index (κ2) is 8.51. The van der Waals surface area contributed by atoms with Crippen LogP contribution in [0.3, 0.4) is 0 Å². The fourth-order valence-corrected chi connectivity index (χ4v) is 4.95. The molecule has 4 amide bonds. The Morgan fingerprint density at radius 1 is 1.33 bits per heavy atom. The minimum Gasteiger partial charge on any atom is -0.465 e. The van der Waals surface area contributed by atoms with Gasteiger partial charge in [0.05, 0.1) is 31.8 Å². The third-order valence-corrected chi connectivity index (χ3v) is 11.0. The molecule has 2 N–H and O–H groups in total. The van der Waals surface area contributed by atoms with Gasteiger partial charge in [0, 0.05) is 6.42 Å². The van der Waals surface area contributed by atoms with Gasteiger partial charge in [0.1, 0.15) is 6.04 Å². The SMILES string of the molecule is CC1=C[C@@H]2CN(C(=O)N2O[Si](C)(C)C(C)(C)C)[C@@H]1C(=O)NOC[C@@H]1CC(F)(F)CN1C(=O)O. The van der Waals surface area contributed by atoms with E-state index < -0.39 is 63.9 Å². The van der Waals surface area contributed by atoms with Gasteiger partial charge in [-0.25, -0.2) is 28.9 Å². The van der Waals surface area contributed by atoms with E-state index in [2.05, 4.69) is 26.3 Å². The van der Waals surface area contributed by atoms with Crippen LogP contribution in [0.15, 0.2) is 11.6 Å². The number of rotatable bonds is 6. The van der Waals surface area contributed by atoms with Crippen molar-refractivity contribution in [1.82, 2.24) is 20.3 Å². The molecule has 186 valence electrons. The summed E-state index contributed by atoms with van der Waals surface area (Å²) in [6, 6.07) is -2.78. The zero-order valence-corrected chi connectivity index (χ0v) is 20.7. The van der Waals surface area contributed by atoms with Crippen molar-refractivity contribution >= 4 is 26.3 Å². The lowest BCUT2D eigenvalue weighted by molar-refractivity contribution is -0.138. The first kappa shape index (κ1) is 25.4. The maximum Gasteiger partial charge on any atom is 0.407 e. The number of nitrogens with one attached hydrogen (secondary N) is 1. The molecule has 3 atom stereocenters. The highest BCUT2D eigenvalue weighted by atomic mass is 28.4. The van der Waals surface area contributed by atoms with Crippen molar-refractivity contribution in [3.63, 3.8) is 0 Å². The predicted octanol–water partition coefficient (Wildman–Crippen LogP) is 2.79. The minimum absolute atomic E-state index is 0.121. The molecule has 2 bridgehead atoms. The normalized spacial score (nSPS) is 27.2. The third kappa shape index (κ3) is 4.99. The van der Waals surface area contributed by atoms with Crippen LogP contribution in [0.25, 0.3) is 0 Å². The van der Waals surface area contributed by atoms with Crippen LogP contribution in [0.1, 0.15) is 34.1 Å². The topological polar surface area (TPSA) is 112 Å². The summed E-state index contributed by atoms with van der Waals surface area (Å²) in [6.07, 6.45) is -0.361. The summed E-state index contributed by atoms with van der Waals surface area (Å²) in [5.41, 5.74) is 2.82. The Morgan fingerprint density at radius 2 is 1.97 bits per heavy atom. The lowest BCUT2D eigenvalue weighted by atomic mass is 10.0. The Kier molecular flexibility index (Phi) is 6.54. The summed E-state index contributed by atoms with van der Waals surface area (Å²) in [6.45, 7) is 10.9. The van der Waals surface area contributed by atoms with Gasteiger partial charge < -0.3 is 14.5 Å². The number of carbonyl (C=O) groups is 3. The van der Waals surface area contributed by atoms with Crippen molar-refractivity contribution in [2.45, 2.75) is 76.3 Å². The first-order valence-corrected chi connectivity index (χ1v) is 13.7. The number of halogens is 2. The van der Waals surface area contributed by atoms with Crippen molar-refractivity contribution < 1.29 is 37.6 Å². The molecule has 2 saturated heterocycles. The molecule has 0 radical (unpaired) electrons. The number of nitrogens with zero attached hydrogens (tertiary/aromatic N) is 3. The van der Waals surface area contributed by atoms with E-state index in [1.54, 1.807) is 6.92 Å². The Hall–Kier alpha value is -2.25. The van der Waals surface area contributed by atoms with Crippen LogP contribution >= 0.6 is 0 Å². The van der Waals surface area contributed by atoms with Gasteiger partial charge in [0.25, 0.3) is 11.8 Å². The van der Waals surface area contributed by atoms with Gasteiger partial charge in [-0.3, -0.25) is 14.5 Å². The third-order valence-electron chi connectivity index (χ3n) is 6.77. The fraction of sp³-hybridized carbons (Fsp3) is 0.750. The molecule has 0 aromatic carbocycles. The van der Waals surface area contributed by atoms with Gasteiger partial charge in [0.2, 0.25) is 8.32 Å². The molecule has 0 spiro atoms. The van der Waals surface area contributed by atoms with Crippen molar-refractivity contribution in [3.05, 3.63) is 11.6 Å². The van der Waals surface area contributed by atoms with Crippen molar-refractivity contribution in [3.8, 4) is 0 Å². The lowest BCUT2D eigenvalue weighted by Crippen LogP contribution is -2.51. The lowest BCUT2D eigenvalue weighted by Gasteiger charge is -2.39. The smallest absolute Gasteiger partial charge is 0.407 e. The number of alkyl halides is 2. The molecule has 0 aromatic heterocycles. The summed E-state index contributed by atoms with van der Waals surface area (Å²) < 4.78 is 33.4. The summed E-state index contributed by atoms with van der Waals surface area (Å²) >= 11 is 0. The summed E-state index contributed by atoms with van der Waals surface area (Å²) in [7, 11) is -2.30. The maximum atomic E-state index is 13.6. The molecule has 2 fully saturated rings. The van der Waals surface area contributed by atoms with Crippen LogP contribution in [-0.2, 0) is 14.2 Å². The Morgan fingerprint density at radius 3 is 2.55 bits per heavy atom. The largest absolute Gasteiger partial charge is 0.465 e. The van der Waals surface area contributed by atoms with Crippen LogP contribution in [0, 0.1) is 0 Å². The Labute approximate surface area is 192 Å². The summed E-state index contributed by atoms with van der Waals surface area (Å²) in [4.78, 5) is 44.2. The molecule has 3 aliphatic rings. The van der Waals surface area contributed by atoms with Crippen LogP contribution in [0.2, 0.25) is 18.1 Å². The number of fused-ring (bicyclic) bond motifs is 2. The molecule has 10 nitrogen and oxygen atoms in total. The quantitative estimate of drug-likeness (QED) is 0.336. The molecule has 0 unspecified atom stereocenters. The second-order valence-corrected chi connectivity index (χ2v) is 15.1. The van der Waals surface area contributed by atoms with Crippen LogP contribution < -0.4 is 5.48 Å². The molecule has 3 rings (SSSR count). The van der Waals surface area contributed by atoms with Gasteiger partial charge in [-0.05, 0) is 30.6 Å². The minimum atomic E-state index is -3.15. The predicted molar refractivity (Wildman–Crippen MR) is 116 cm³/mol. The molecule has 0 aromatic rings. The summed E-state index contributed by atoms with van der Waals surface area (Å²) in [5, 5.41) is 10.3. The highest BCUT2D eigenvalue weighted by molar-refractivity contribution is 6.74. The van der Waals surface area contributed by atoms with E-state index in [-0.39, 0.29) is 17.6 Å². The van der Waals surface area contributed by atoms with Crippen molar-refractivity contribution in [2.75, 3.05) is 19.7 Å². The zero-order chi connectivity index (χ0) is 24.9. The number of hydroxylamine groups is 3. The van der Waals surface area contributed by atoms with E-state index in [9.17, 15) is 23.2 Å². The van der Waals surface area contributed by atoms with E-state index >= 15 is 0 Å². The number of urea groups is 1. The molecule has 0 aliphatic carbocycles. The standard InChI is InChI=1S/C20H32F2N4O6Si/c1-12-7-13-9-24(17(28)26(13)32-33(5,6)19(2,3)4)15(12)16(27)23-31-10-14-8-20(21,22)11-25(14)18(29)30/h7,13-15H,8-11H2,1-6H3,(H,23,27)(H,29,30)/t13-,14+,15+/m1/s1. The van der Waals surface area contributed by atoms with Crippen LogP contribution in [0.4, 0.5) is 18.4 Å². The highest BCUT2D eigenvalue weighted by Gasteiger charge is 2.51. The molecular weight excluding hydrogens is 458 g/mol. The van der Waals surface area contributed by atoms with E-state index in [4.69, 9.17) is 14.5 Å². The number of hydrogen-bond acceptors (Lipinski definition) is 5. The van der Waals surface area contributed by atoms with Crippen LogP contribution in [-0.4, -0.2) is 90.1 Å². The number of carboxylic acid groups (broad SMARTS) is 1. The van der Waals surface area contributed by atoms with Crippen molar-refractivity contribution in [1.29, 1.82) is 0 Å². The van der Waals surface area contributed by atoms with Gasteiger partial charge in [0.15, 0.2) is 0 Å². The maximum absolute atomic E-state index is 13.6. The van der Waals surface area contributed by atoms with Crippen LogP contribution in [0.5, 0.6) is 0 Å². The number of carbonyl (C=O) groups excluding carboxylic acids is 2. The van der Waals surface area contributed by atoms with Gasteiger partial charge in [-0.1, -0.05) is 26.8 Å². The first-order chi connectivity index (χ1) is 15.0. The fourth-order valence-electron chi connectivity index (χ4n) is 3.97. The molecular formula is C20H32F2N4O6Si. The van der Waals surface area contributed by atoms with E-state index in [0.29, 0.717) is 10.5 Å². The molecule has 0 saturated carbocycles. The van der Waals surface area contributed by atoms with Crippen molar-refractivity contribution in [2.24, 2.45) is 0 Å². The Balaban J connectivity index is 1.63. The molecule has 3 heterocycles. The van der Waals surface area contributed by atoms with E-state index in [1.165, 1.54) is 9.96 Å². The van der Waals surface area contributed by atoms with Gasteiger partial charge in [-0.15, -0.1) is 0 Å². The molecule has 33 heavy (non-hydrogen) atoms. The first-order valence-electron chi connectivity index (χ1n) is 10.8. The summed E-state index contributed by atoms with van der Waals surface area (Å²) in [5.74, 6) is -3.79. The number of amides is 4. The van der Waals surface area contributed by atoms with Gasteiger partial charge in [-0.2, -0.15) is 0 Å². The van der Waals surface area contributed by atoms with E-state index in [0.717, 1.165) is 0 Å². The molecule has 13 heteroatoms. The van der Waals surface area contributed by atoms with Gasteiger partial charge >= 0.3 is 12.1 Å². The zero-order valence-electron chi connectivity index (χ0n) is 19.7. The number of likely N-dealkylation sites (tertiary alicyclic amines) is 1.